The molecule has 0 aliphatic carbocycles. The van der Waals surface area contributed by atoms with Crippen LogP contribution < -0.4 is 0 Å². The lowest BCUT2D eigenvalue weighted by Gasteiger charge is -2.26. The van der Waals surface area contributed by atoms with Crippen LogP contribution in [-0.4, -0.2) is 67.9 Å². The molecule has 4 heterocycles. The first-order chi connectivity index (χ1) is 11.7. The average molecular weight is 328 g/mol. The summed E-state index contributed by atoms with van der Waals surface area (Å²) in [6.45, 7) is 4.12. The van der Waals surface area contributed by atoms with Gasteiger partial charge in [0, 0.05) is 32.4 Å². The molecule has 2 saturated heterocycles. The highest BCUT2D eigenvalue weighted by atomic mass is 16.2. The number of hydrogen-bond donors (Lipinski definition) is 0. The number of rotatable bonds is 2. The molecule has 128 valence electrons. The van der Waals surface area contributed by atoms with Crippen molar-refractivity contribution in [2.75, 3.05) is 26.2 Å². The van der Waals surface area contributed by atoms with Gasteiger partial charge in [-0.1, -0.05) is 5.21 Å². The van der Waals surface area contributed by atoms with Crippen LogP contribution in [0.5, 0.6) is 0 Å². The van der Waals surface area contributed by atoms with Crippen LogP contribution in [0.4, 0.5) is 0 Å². The number of hydrogen-bond acceptors (Lipinski definition) is 5. The molecule has 1 amide bonds. The predicted molar refractivity (Wildman–Crippen MR) is 90.7 cm³/mol. The van der Waals surface area contributed by atoms with Gasteiger partial charge in [0.05, 0.1) is 5.56 Å². The van der Waals surface area contributed by atoms with Crippen molar-refractivity contribution in [3.05, 3.63) is 17.8 Å². The largest absolute Gasteiger partial charge is 0.339 e. The molecule has 0 spiro atoms. The normalized spacial score (nSPS) is 22.9. The van der Waals surface area contributed by atoms with Gasteiger partial charge in [0.1, 0.15) is 5.52 Å². The number of amides is 1. The smallest absolute Gasteiger partial charge is 0.255 e. The first kappa shape index (κ1) is 15.5. The van der Waals surface area contributed by atoms with E-state index >= 15 is 0 Å². The summed E-state index contributed by atoms with van der Waals surface area (Å²) in [4.78, 5) is 21.8. The van der Waals surface area contributed by atoms with Gasteiger partial charge in [-0.2, -0.15) is 0 Å². The fraction of sp³-hybridized carbons (Fsp3) is 0.647. The van der Waals surface area contributed by atoms with Gasteiger partial charge in [0.25, 0.3) is 5.91 Å². The zero-order chi connectivity index (χ0) is 16.5. The fourth-order valence-electron chi connectivity index (χ4n) is 3.98. The van der Waals surface area contributed by atoms with Gasteiger partial charge in [-0.05, 0) is 51.3 Å². The molecule has 1 atom stereocenters. The Balaban J connectivity index is 1.46. The summed E-state index contributed by atoms with van der Waals surface area (Å²) >= 11 is 0. The first-order valence-electron chi connectivity index (χ1n) is 8.91. The van der Waals surface area contributed by atoms with E-state index in [0.29, 0.717) is 22.8 Å². The van der Waals surface area contributed by atoms with Crippen molar-refractivity contribution in [1.82, 2.24) is 29.8 Å². The van der Waals surface area contributed by atoms with Crippen LogP contribution >= 0.6 is 0 Å². The fourth-order valence-corrected chi connectivity index (χ4v) is 3.98. The second-order valence-corrected chi connectivity index (χ2v) is 6.90. The molecule has 4 rings (SSSR count). The van der Waals surface area contributed by atoms with Gasteiger partial charge in [-0.15, -0.1) is 5.10 Å². The van der Waals surface area contributed by atoms with Crippen molar-refractivity contribution >= 4 is 17.1 Å². The Labute approximate surface area is 141 Å². The van der Waals surface area contributed by atoms with Crippen molar-refractivity contribution in [1.29, 1.82) is 0 Å². The second-order valence-electron chi connectivity index (χ2n) is 6.90. The van der Waals surface area contributed by atoms with E-state index in [-0.39, 0.29) is 5.91 Å². The molecular formula is C17H24N6O. The lowest BCUT2D eigenvalue weighted by molar-refractivity contribution is 0.0757. The van der Waals surface area contributed by atoms with E-state index in [0.717, 1.165) is 25.9 Å². The topological polar surface area (TPSA) is 67.2 Å². The quantitative estimate of drug-likeness (QED) is 0.835. The first-order valence-corrected chi connectivity index (χ1v) is 8.91. The molecule has 2 aliphatic heterocycles. The van der Waals surface area contributed by atoms with Crippen LogP contribution in [0, 0.1) is 0 Å². The molecule has 2 aromatic heterocycles. The number of nitrogens with zero attached hydrogens (tertiary/aromatic N) is 6. The molecule has 0 aromatic carbocycles. The van der Waals surface area contributed by atoms with E-state index in [4.69, 9.17) is 0 Å². The minimum Gasteiger partial charge on any atom is -0.339 e. The lowest BCUT2D eigenvalue weighted by Crippen LogP contribution is -2.35. The highest BCUT2D eigenvalue weighted by Crippen LogP contribution is 2.22. The van der Waals surface area contributed by atoms with E-state index in [1.54, 1.807) is 24.0 Å². The zero-order valence-electron chi connectivity index (χ0n) is 14.2. The minimum absolute atomic E-state index is 0.0668. The summed E-state index contributed by atoms with van der Waals surface area (Å²) in [5.74, 6) is 0.0668. The van der Waals surface area contributed by atoms with Gasteiger partial charge >= 0.3 is 0 Å². The van der Waals surface area contributed by atoms with E-state index in [9.17, 15) is 4.79 Å². The molecule has 7 nitrogen and oxygen atoms in total. The number of likely N-dealkylation sites (tertiary alicyclic amines) is 2. The van der Waals surface area contributed by atoms with Gasteiger partial charge in [-0.3, -0.25) is 4.79 Å². The molecule has 0 saturated carbocycles. The number of aromatic nitrogens is 4. The van der Waals surface area contributed by atoms with E-state index in [2.05, 4.69) is 20.2 Å². The van der Waals surface area contributed by atoms with E-state index in [1.807, 2.05) is 4.90 Å². The molecule has 2 fully saturated rings. The maximum absolute atomic E-state index is 12.8. The summed E-state index contributed by atoms with van der Waals surface area (Å²) in [5.41, 5.74) is 1.99. The maximum atomic E-state index is 12.8. The molecule has 0 radical (unpaired) electrons. The van der Waals surface area contributed by atoms with E-state index in [1.165, 1.54) is 32.4 Å². The highest BCUT2D eigenvalue weighted by Gasteiger charge is 2.27. The second kappa shape index (κ2) is 6.47. The Bertz CT molecular complexity index is 736. The number of aryl methyl sites for hydroxylation is 1. The molecule has 2 aromatic rings. The van der Waals surface area contributed by atoms with Crippen molar-refractivity contribution in [3.63, 3.8) is 0 Å². The third-order valence-electron chi connectivity index (χ3n) is 5.33. The van der Waals surface area contributed by atoms with Gasteiger partial charge < -0.3 is 9.80 Å². The van der Waals surface area contributed by atoms with E-state index < -0.39 is 0 Å². The molecule has 24 heavy (non-hydrogen) atoms. The lowest BCUT2D eigenvalue weighted by atomic mass is 10.1. The van der Waals surface area contributed by atoms with Crippen LogP contribution in [0.25, 0.3) is 11.2 Å². The van der Waals surface area contributed by atoms with Gasteiger partial charge in [-0.25, -0.2) is 9.67 Å². The number of carbonyl (C=O) groups is 1. The van der Waals surface area contributed by atoms with Crippen LogP contribution in [0.1, 0.15) is 42.5 Å². The molecule has 7 heteroatoms. The summed E-state index contributed by atoms with van der Waals surface area (Å²) in [7, 11) is 1.80. The SMILES string of the molecule is Cn1nnc2cc(C(=O)N3CCCC(N4CCCC4)CC3)cnc21. The molecule has 1 unspecified atom stereocenters. The van der Waals surface area contributed by atoms with Crippen molar-refractivity contribution in [3.8, 4) is 0 Å². The Morgan fingerprint density at radius 3 is 2.79 bits per heavy atom. The van der Waals surface area contributed by atoms with Crippen LogP contribution in [0.2, 0.25) is 0 Å². The summed E-state index contributed by atoms with van der Waals surface area (Å²) in [6, 6.07) is 2.45. The molecule has 0 bridgehead atoms. The van der Waals surface area contributed by atoms with Crippen molar-refractivity contribution in [2.45, 2.75) is 38.1 Å². The zero-order valence-corrected chi connectivity index (χ0v) is 14.2. The van der Waals surface area contributed by atoms with Crippen LogP contribution in [0.15, 0.2) is 12.3 Å². The van der Waals surface area contributed by atoms with Crippen molar-refractivity contribution in [2.24, 2.45) is 7.05 Å². The molecule has 0 N–H and O–H groups in total. The minimum atomic E-state index is 0.0668. The van der Waals surface area contributed by atoms with Crippen molar-refractivity contribution < 1.29 is 4.79 Å². The summed E-state index contributed by atoms with van der Waals surface area (Å²) in [6.07, 6.45) is 7.65. The van der Waals surface area contributed by atoms with Gasteiger partial charge in [0.15, 0.2) is 5.65 Å². The number of fused-ring (bicyclic) bond motifs is 1. The Hall–Kier alpha value is -2.02. The Kier molecular flexibility index (Phi) is 4.18. The average Bonchev–Trinajstić information content (AvgIpc) is 3.19. The standard InChI is InChI=1S/C17H24N6O/c1-21-16-15(19-20-21)11-13(12-18-16)17(24)23-9-4-5-14(6-10-23)22-7-2-3-8-22/h11-12,14H,2-10H2,1H3. The Morgan fingerprint density at radius 2 is 1.96 bits per heavy atom. The summed E-state index contributed by atoms with van der Waals surface area (Å²) in [5, 5.41) is 8.01. The monoisotopic (exact) mass is 328 g/mol. The third kappa shape index (κ3) is 2.88. The number of pyridine rings is 1. The Morgan fingerprint density at radius 1 is 1.12 bits per heavy atom. The molecular weight excluding hydrogens is 304 g/mol. The van der Waals surface area contributed by atoms with Crippen LogP contribution in [-0.2, 0) is 7.05 Å². The number of carbonyl (C=O) groups excluding carboxylic acids is 1. The van der Waals surface area contributed by atoms with Crippen LogP contribution in [0.3, 0.4) is 0 Å². The highest BCUT2D eigenvalue weighted by molar-refractivity contribution is 5.96. The van der Waals surface area contributed by atoms with Gasteiger partial charge in [0.2, 0.25) is 0 Å². The molecule has 2 aliphatic rings. The maximum Gasteiger partial charge on any atom is 0.255 e. The third-order valence-corrected chi connectivity index (χ3v) is 5.33. The predicted octanol–water partition coefficient (Wildman–Crippen LogP) is 1.45. The summed E-state index contributed by atoms with van der Waals surface area (Å²) < 4.78 is 1.62.